The van der Waals surface area contributed by atoms with Crippen molar-refractivity contribution in [3.63, 3.8) is 0 Å². The number of methoxy groups -OCH3 is 1. The first-order valence-electron chi connectivity index (χ1n) is 9.05. The maximum absolute atomic E-state index is 12.4. The molecule has 3 rings (SSSR count). The van der Waals surface area contributed by atoms with Gasteiger partial charge in [-0.3, -0.25) is 4.79 Å². The lowest BCUT2D eigenvalue weighted by atomic mass is 10.1. The van der Waals surface area contributed by atoms with Crippen molar-refractivity contribution in [3.8, 4) is 5.75 Å². The summed E-state index contributed by atoms with van der Waals surface area (Å²) < 4.78 is 7.22. The maximum atomic E-state index is 12.4. The Morgan fingerprint density at radius 3 is 2.59 bits per heavy atom. The highest BCUT2D eigenvalue weighted by Crippen LogP contribution is 2.14. The van der Waals surface area contributed by atoms with Crippen LogP contribution in [0.1, 0.15) is 23.1 Å². The van der Waals surface area contributed by atoms with E-state index in [2.05, 4.69) is 36.2 Å². The van der Waals surface area contributed by atoms with Gasteiger partial charge in [-0.25, -0.2) is 0 Å². The van der Waals surface area contributed by atoms with Gasteiger partial charge in [0.1, 0.15) is 11.2 Å². The van der Waals surface area contributed by atoms with Crippen LogP contribution in [0.3, 0.4) is 0 Å². The highest BCUT2D eigenvalue weighted by molar-refractivity contribution is 5.77. The summed E-state index contributed by atoms with van der Waals surface area (Å²) in [6, 6.07) is 21.9. The van der Waals surface area contributed by atoms with Crippen molar-refractivity contribution in [1.29, 1.82) is 0 Å². The molecule has 3 aromatic rings. The zero-order valence-electron chi connectivity index (χ0n) is 15.8. The van der Waals surface area contributed by atoms with E-state index in [1.54, 1.807) is 7.11 Å². The second kappa shape index (κ2) is 8.99. The summed E-state index contributed by atoms with van der Waals surface area (Å²) >= 11 is 0. The van der Waals surface area contributed by atoms with Gasteiger partial charge in [-0.1, -0.05) is 48.0 Å². The van der Waals surface area contributed by atoms with Crippen LogP contribution < -0.4 is 10.2 Å². The van der Waals surface area contributed by atoms with Crippen molar-refractivity contribution in [1.82, 2.24) is 4.57 Å². The van der Waals surface area contributed by atoms with Crippen molar-refractivity contribution in [2.75, 3.05) is 7.11 Å². The number of benzene rings is 2. The molecular formula is C23H24N2O2. The molecule has 1 heterocycles. The van der Waals surface area contributed by atoms with Gasteiger partial charge in [-0.05, 0) is 48.7 Å². The highest BCUT2D eigenvalue weighted by Gasteiger charge is 2.03. The lowest BCUT2D eigenvalue weighted by Crippen LogP contribution is -2.22. The van der Waals surface area contributed by atoms with Gasteiger partial charge in [0.05, 0.1) is 7.11 Å². The monoisotopic (exact) mass is 360 g/mol. The second-order valence-corrected chi connectivity index (χ2v) is 6.53. The van der Waals surface area contributed by atoms with Crippen LogP contribution >= 0.6 is 0 Å². The molecule has 0 aliphatic heterocycles. The number of amides is 1. The molecule has 0 unspecified atom stereocenters. The number of nitrogens with zero attached hydrogens (tertiary/aromatic N) is 2. The van der Waals surface area contributed by atoms with Crippen LogP contribution in [0.4, 0.5) is 0 Å². The number of ether oxygens (including phenoxy) is 1. The number of rotatable bonds is 6. The summed E-state index contributed by atoms with van der Waals surface area (Å²) in [5, 5.41) is 0. The first-order valence-corrected chi connectivity index (χ1v) is 9.05. The standard InChI is InChI=1S/C23H24N2O2/c1-18-9-11-20(12-10-18)17-25-15-4-3-8-22(25)24-23(26)14-13-19-6-5-7-21(16-19)27-2/h3-12,15-16H,13-14,17H2,1-2H3. The van der Waals surface area contributed by atoms with Crippen LogP contribution in [0, 0.1) is 6.92 Å². The minimum absolute atomic E-state index is 0.123. The van der Waals surface area contributed by atoms with Gasteiger partial charge in [0.2, 0.25) is 5.91 Å². The number of aromatic nitrogens is 1. The molecule has 2 aromatic carbocycles. The van der Waals surface area contributed by atoms with Gasteiger partial charge in [0.25, 0.3) is 0 Å². The molecule has 0 aliphatic carbocycles. The van der Waals surface area contributed by atoms with Gasteiger partial charge in [0, 0.05) is 19.2 Å². The van der Waals surface area contributed by atoms with Crippen LogP contribution in [-0.2, 0) is 17.8 Å². The summed E-state index contributed by atoms with van der Waals surface area (Å²) in [6.45, 7) is 2.75. The lowest BCUT2D eigenvalue weighted by molar-refractivity contribution is -0.118. The predicted octanol–water partition coefficient (Wildman–Crippen LogP) is 3.91. The second-order valence-electron chi connectivity index (χ2n) is 6.53. The van der Waals surface area contributed by atoms with E-state index in [9.17, 15) is 4.79 Å². The van der Waals surface area contributed by atoms with Gasteiger partial charge >= 0.3 is 0 Å². The summed E-state index contributed by atoms with van der Waals surface area (Å²) in [5.41, 5.74) is 4.15. The Kier molecular flexibility index (Phi) is 6.21. The SMILES string of the molecule is COc1cccc(CCC(=O)N=c2ccccn2Cc2ccc(C)cc2)c1. The van der Waals surface area contributed by atoms with E-state index in [1.807, 2.05) is 53.2 Å². The van der Waals surface area contributed by atoms with Crippen LogP contribution in [0.15, 0.2) is 77.9 Å². The largest absolute Gasteiger partial charge is 0.497 e. The van der Waals surface area contributed by atoms with Crippen LogP contribution in [-0.4, -0.2) is 17.6 Å². The Balaban J connectivity index is 1.72. The molecule has 0 spiro atoms. The van der Waals surface area contributed by atoms with E-state index in [4.69, 9.17) is 4.74 Å². The first-order chi connectivity index (χ1) is 13.1. The summed E-state index contributed by atoms with van der Waals surface area (Å²) in [6.07, 6.45) is 2.96. The molecule has 1 amide bonds. The minimum Gasteiger partial charge on any atom is -0.497 e. The lowest BCUT2D eigenvalue weighted by Gasteiger charge is -2.08. The first kappa shape index (κ1) is 18.6. The van der Waals surface area contributed by atoms with E-state index in [-0.39, 0.29) is 5.91 Å². The molecule has 0 bridgehead atoms. The Labute approximate surface area is 159 Å². The molecule has 0 saturated carbocycles. The normalized spacial score (nSPS) is 11.4. The molecular weight excluding hydrogens is 336 g/mol. The average Bonchev–Trinajstić information content (AvgIpc) is 2.70. The van der Waals surface area contributed by atoms with Gasteiger partial charge in [-0.2, -0.15) is 4.99 Å². The molecule has 4 heteroatoms. The third-order valence-electron chi connectivity index (χ3n) is 4.39. The number of aryl methyl sites for hydroxylation is 2. The zero-order chi connectivity index (χ0) is 19.1. The quantitative estimate of drug-likeness (QED) is 0.669. The Hall–Kier alpha value is -3.14. The fraction of sp³-hybridized carbons (Fsp3) is 0.217. The molecule has 0 radical (unpaired) electrons. The molecule has 0 atom stereocenters. The molecule has 0 fully saturated rings. The van der Waals surface area contributed by atoms with Crippen molar-refractivity contribution < 1.29 is 9.53 Å². The maximum Gasteiger partial charge on any atom is 0.247 e. The molecule has 0 saturated heterocycles. The van der Waals surface area contributed by atoms with Crippen molar-refractivity contribution >= 4 is 5.91 Å². The number of pyridine rings is 1. The summed E-state index contributed by atoms with van der Waals surface area (Å²) in [7, 11) is 1.64. The number of hydrogen-bond acceptors (Lipinski definition) is 2. The molecule has 0 aliphatic rings. The fourth-order valence-electron chi connectivity index (χ4n) is 2.86. The summed E-state index contributed by atoms with van der Waals surface area (Å²) in [5.74, 6) is 0.678. The smallest absolute Gasteiger partial charge is 0.247 e. The van der Waals surface area contributed by atoms with E-state index in [0.29, 0.717) is 24.9 Å². The van der Waals surface area contributed by atoms with Gasteiger partial charge in [-0.15, -0.1) is 0 Å². The number of carbonyl (C=O) groups excluding carboxylic acids is 1. The van der Waals surface area contributed by atoms with Crippen molar-refractivity contribution in [3.05, 3.63) is 95.1 Å². The van der Waals surface area contributed by atoms with Crippen LogP contribution in [0.25, 0.3) is 0 Å². The Morgan fingerprint density at radius 1 is 1.00 bits per heavy atom. The van der Waals surface area contributed by atoms with Gasteiger partial charge in [0.15, 0.2) is 0 Å². The predicted molar refractivity (Wildman–Crippen MR) is 107 cm³/mol. The van der Waals surface area contributed by atoms with Crippen LogP contribution in [0.5, 0.6) is 5.75 Å². The molecule has 0 N–H and O–H groups in total. The zero-order valence-corrected chi connectivity index (χ0v) is 15.8. The van der Waals surface area contributed by atoms with Crippen LogP contribution in [0.2, 0.25) is 0 Å². The van der Waals surface area contributed by atoms with Crippen molar-refractivity contribution in [2.24, 2.45) is 4.99 Å². The molecule has 1 aromatic heterocycles. The number of hydrogen-bond donors (Lipinski definition) is 0. The fourth-order valence-corrected chi connectivity index (χ4v) is 2.86. The Morgan fingerprint density at radius 2 is 1.81 bits per heavy atom. The topological polar surface area (TPSA) is 43.6 Å². The average molecular weight is 360 g/mol. The van der Waals surface area contributed by atoms with Gasteiger partial charge < -0.3 is 9.30 Å². The van der Waals surface area contributed by atoms with E-state index >= 15 is 0 Å². The molecule has 4 nitrogen and oxygen atoms in total. The minimum atomic E-state index is -0.123. The number of carbonyl (C=O) groups is 1. The Bertz CT molecular complexity index is 972. The molecule has 138 valence electrons. The third-order valence-corrected chi connectivity index (χ3v) is 4.39. The third kappa shape index (κ3) is 5.42. The van der Waals surface area contributed by atoms with E-state index in [1.165, 1.54) is 11.1 Å². The molecule has 27 heavy (non-hydrogen) atoms. The summed E-state index contributed by atoms with van der Waals surface area (Å²) in [4.78, 5) is 16.7. The van der Waals surface area contributed by atoms with Crippen molar-refractivity contribution in [2.45, 2.75) is 26.3 Å². The van der Waals surface area contributed by atoms with E-state index < -0.39 is 0 Å². The highest BCUT2D eigenvalue weighted by atomic mass is 16.5. The van der Waals surface area contributed by atoms with E-state index in [0.717, 1.165) is 11.3 Å².